The molecule has 2 nitrogen and oxygen atoms in total. The van der Waals surface area contributed by atoms with E-state index in [1.165, 1.54) is 27.0 Å². The van der Waals surface area contributed by atoms with Crippen molar-refractivity contribution in [2.24, 2.45) is 10.9 Å². The van der Waals surface area contributed by atoms with Crippen molar-refractivity contribution in [3.05, 3.63) is 115 Å². The molecule has 4 aromatic rings. The molecule has 0 fully saturated rings. The van der Waals surface area contributed by atoms with Gasteiger partial charge < -0.3 is 4.74 Å². The second-order valence-corrected chi connectivity index (χ2v) is 10.8. The van der Waals surface area contributed by atoms with Crippen LogP contribution in [0.1, 0.15) is 19.4 Å². The highest BCUT2D eigenvalue weighted by molar-refractivity contribution is 7.80. The first-order chi connectivity index (χ1) is 16.2. The molecule has 2 atom stereocenters. The van der Waals surface area contributed by atoms with E-state index in [1.54, 1.807) is 0 Å². The van der Waals surface area contributed by atoms with E-state index in [2.05, 4.69) is 123 Å². The van der Waals surface area contributed by atoms with Gasteiger partial charge in [0.05, 0.1) is 6.04 Å². The fourth-order valence-electron chi connectivity index (χ4n) is 4.24. The van der Waals surface area contributed by atoms with E-state index in [0.717, 1.165) is 11.5 Å². The van der Waals surface area contributed by atoms with Gasteiger partial charge in [-0.1, -0.05) is 117 Å². The van der Waals surface area contributed by atoms with Crippen molar-refractivity contribution in [1.82, 2.24) is 0 Å². The topological polar surface area (TPSA) is 21.6 Å². The number of nitrogens with zero attached hydrogens (tertiary/aromatic N) is 1. The summed E-state index contributed by atoms with van der Waals surface area (Å²) in [6.45, 7) is 5.07. The second-order valence-electron chi connectivity index (χ2n) is 8.63. The van der Waals surface area contributed by atoms with Gasteiger partial charge in [-0.3, -0.25) is 0 Å². The minimum atomic E-state index is -0.818. The fraction of sp³-hybridized carbons (Fsp3) is 0.167. The zero-order valence-corrected chi connectivity index (χ0v) is 20.0. The van der Waals surface area contributed by atoms with Crippen molar-refractivity contribution < 1.29 is 4.74 Å². The average Bonchev–Trinajstić information content (AvgIpc) is 3.37. The van der Waals surface area contributed by atoms with Gasteiger partial charge in [0, 0.05) is 5.56 Å². The van der Waals surface area contributed by atoms with Crippen molar-refractivity contribution in [1.29, 1.82) is 0 Å². The average molecular weight is 450 g/mol. The second kappa shape index (κ2) is 9.73. The van der Waals surface area contributed by atoms with Crippen molar-refractivity contribution in [2.75, 3.05) is 6.61 Å². The van der Waals surface area contributed by atoms with Gasteiger partial charge in [0.15, 0.2) is 0 Å². The summed E-state index contributed by atoms with van der Waals surface area (Å²) in [5.41, 5.74) is 3.62. The summed E-state index contributed by atoms with van der Waals surface area (Å²) in [6, 6.07) is 39.2. The molecule has 1 aliphatic heterocycles. The molecular formula is C30H28NOP. The first-order valence-electron chi connectivity index (χ1n) is 11.5. The highest BCUT2D eigenvalue weighted by Crippen LogP contribution is 2.38. The maximum Gasteiger partial charge on any atom is 0.217 e. The van der Waals surface area contributed by atoms with Gasteiger partial charge in [-0.15, -0.1) is 0 Å². The van der Waals surface area contributed by atoms with Crippen LogP contribution in [-0.4, -0.2) is 18.5 Å². The summed E-state index contributed by atoms with van der Waals surface area (Å²) in [4.78, 5) is 4.97. The normalized spacial score (nSPS) is 16.3. The number of benzene rings is 4. The van der Waals surface area contributed by atoms with Gasteiger partial charge in [0.1, 0.15) is 6.61 Å². The van der Waals surface area contributed by atoms with Crippen LogP contribution in [0.5, 0.6) is 0 Å². The molecule has 5 rings (SSSR count). The zero-order valence-electron chi connectivity index (χ0n) is 19.1. The lowest BCUT2D eigenvalue weighted by molar-refractivity contribution is 0.292. The van der Waals surface area contributed by atoms with Crippen molar-refractivity contribution >= 4 is 29.7 Å². The van der Waals surface area contributed by atoms with Gasteiger partial charge >= 0.3 is 0 Å². The summed E-state index contributed by atoms with van der Waals surface area (Å²) in [5, 5.41) is 3.95. The van der Waals surface area contributed by atoms with E-state index in [1.807, 2.05) is 0 Å². The molecule has 0 bridgehead atoms. The van der Waals surface area contributed by atoms with E-state index in [-0.39, 0.29) is 6.04 Å². The van der Waals surface area contributed by atoms with Gasteiger partial charge in [-0.2, -0.15) is 0 Å². The van der Waals surface area contributed by atoms with Crippen LogP contribution in [0, 0.1) is 5.92 Å². The van der Waals surface area contributed by atoms with Crippen LogP contribution in [0.15, 0.2) is 114 Å². The zero-order chi connectivity index (χ0) is 22.6. The SMILES string of the molecule is CC(C)[C@H]1COC(c2ccccc2P(c2ccccc2)c2ccccc2-c2ccccc2)=N1. The molecule has 0 radical (unpaired) electrons. The quantitative estimate of drug-likeness (QED) is 0.335. The van der Waals surface area contributed by atoms with E-state index in [4.69, 9.17) is 9.73 Å². The third-order valence-corrected chi connectivity index (χ3v) is 8.62. The van der Waals surface area contributed by atoms with Crippen LogP contribution in [0.2, 0.25) is 0 Å². The first kappa shape index (κ1) is 21.6. The molecule has 33 heavy (non-hydrogen) atoms. The molecule has 0 N–H and O–H groups in total. The summed E-state index contributed by atoms with van der Waals surface area (Å²) in [5.74, 6) is 1.24. The molecule has 0 aromatic heterocycles. The van der Waals surface area contributed by atoms with Gasteiger partial charge in [-0.25, -0.2) is 4.99 Å². The smallest absolute Gasteiger partial charge is 0.217 e. The van der Waals surface area contributed by atoms with Gasteiger partial charge in [0.2, 0.25) is 5.90 Å². The van der Waals surface area contributed by atoms with E-state index >= 15 is 0 Å². The third kappa shape index (κ3) is 4.49. The molecule has 0 spiro atoms. The molecule has 0 amide bonds. The van der Waals surface area contributed by atoms with E-state index in [0.29, 0.717) is 12.5 Å². The Labute approximate surface area is 197 Å². The monoisotopic (exact) mass is 449 g/mol. The van der Waals surface area contributed by atoms with Crippen LogP contribution in [-0.2, 0) is 4.74 Å². The Morgan fingerprint density at radius 1 is 0.697 bits per heavy atom. The van der Waals surface area contributed by atoms with E-state index < -0.39 is 7.92 Å². The molecule has 1 aliphatic rings. The van der Waals surface area contributed by atoms with Crippen molar-refractivity contribution in [2.45, 2.75) is 19.9 Å². The minimum Gasteiger partial charge on any atom is -0.475 e. The Balaban J connectivity index is 1.71. The molecule has 0 aliphatic carbocycles. The summed E-state index contributed by atoms with van der Waals surface area (Å²) in [7, 11) is -0.818. The number of hydrogen-bond acceptors (Lipinski definition) is 2. The predicted molar refractivity (Wildman–Crippen MR) is 142 cm³/mol. The molecule has 164 valence electrons. The number of aliphatic imine (C=N–C) groups is 1. The number of rotatable bonds is 6. The predicted octanol–water partition coefficient (Wildman–Crippen LogP) is 5.91. The Morgan fingerprint density at radius 3 is 1.88 bits per heavy atom. The summed E-state index contributed by atoms with van der Waals surface area (Å²) in [6.07, 6.45) is 0. The lowest BCUT2D eigenvalue weighted by Gasteiger charge is -2.24. The number of ether oxygens (including phenoxy) is 1. The Kier molecular flexibility index (Phi) is 6.37. The van der Waals surface area contributed by atoms with Gasteiger partial charge in [0.25, 0.3) is 0 Å². The molecule has 1 heterocycles. The molecule has 0 saturated carbocycles. The summed E-state index contributed by atoms with van der Waals surface area (Å²) >= 11 is 0. The highest BCUT2D eigenvalue weighted by atomic mass is 31.1. The molecule has 1 unspecified atom stereocenters. The molecule has 0 saturated heterocycles. The maximum atomic E-state index is 6.15. The Hall–Kier alpha value is -3.22. The lowest BCUT2D eigenvalue weighted by Crippen LogP contribution is -2.26. The minimum absolute atomic E-state index is 0.215. The van der Waals surface area contributed by atoms with Crippen LogP contribution in [0.4, 0.5) is 0 Å². The summed E-state index contributed by atoms with van der Waals surface area (Å²) < 4.78 is 6.15. The van der Waals surface area contributed by atoms with Crippen molar-refractivity contribution in [3.8, 4) is 11.1 Å². The van der Waals surface area contributed by atoms with Gasteiger partial charge in [-0.05, 0) is 46.9 Å². The van der Waals surface area contributed by atoms with Crippen LogP contribution in [0.25, 0.3) is 11.1 Å². The Bertz CT molecular complexity index is 1250. The number of hydrogen-bond donors (Lipinski definition) is 0. The third-order valence-electron chi connectivity index (χ3n) is 6.06. The van der Waals surface area contributed by atoms with Crippen molar-refractivity contribution in [3.63, 3.8) is 0 Å². The van der Waals surface area contributed by atoms with Crippen LogP contribution < -0.4 is 15.9 Å². The molecular weight excluding hydrogens is 421 g/mol. The first-order valence-corrected chi connectivity index (χ1v) is 12.9. The molecule has 4 aromatic carbocycles. The lowest BCUT2D eigenvalue weighted by atomic mass is 10.1. The van der Waals surface area contributed by atoms with E-state index in [9.17, 15) is 0 Å². The molecule has 3 heteroatoms. The standard InChI is InChI=1S/C30H28NOP/c1-22(2)27-21-32-30(31-27)26-18-10-12-20-29(26)33(24-15-7-4-8-16-24)28-19-11-9-17-25(28)23-13-5-3-6-14-23/h3-20,22,27H,21H2,1-2H3/t27-,33?/m1/s1. The Morgan fingerprint density at radius 2 is 1.24 bits per heavy atom. The fourth-order valence-corrected chi connectivity index (χ4v) is 6.86. The largest absolute Gasteiger partial charge is 0.475 e. The van der Waals surface area contributed by atoms with Crippen LogP contribution >= 0.6 is 7.92 Å². The van der Waals surface area contributed by atoms with Crippen LogP contribution in [0.3, 0.4) is 0 Å². The highest BCUT2D eigenvalue weighted by Gasteiger charge is 2.28. The maximum absolute atomic E-state index is 6.15.